The molecule has 0 aliphatic heterocycles. The summed E-state index contributed by atoms with van der Waals surface area (Å²) in [5, 5.41) is 4.24. The number of halogens is 1. The number of nitrogens with one attached hydrogen (secondary N) is 4. The fourth-order valence-corrected chi connectivity index (χ4v) is 3.24. The topological polar surface area (TPSA) is 103 Å². The highest BCUT2D eigenvalue weighted by Gasteiger charge is 2.14. The maximum Gasteiger partial charge on any atom is 0.242 e. The van der Waals surface area contributed by atoms with Gasteiger partial charge in [0.1, 0.15) is 0 Å². The number of fused-ring (bicyclic) bond motifs is 1. The van der Waals surface area contributed by atoms with Gasteiger partial charge in [-0.25, -0.2) is 0 Å². The molecule has 0 unspecified atom stereocenters. The monoisotopic (exact) mass is 426 g/mol. The maximum atomic E-state index is 12.3. The molecular formula is C22H23ClN4O3. The van der Waals surface area contributed by atoms with Gasteiger partial charge in [0.15, 0.2) is 0 Å². The van der Waals surface area contributed by atoms with Gasteiger partial charge in [-0.05, 0) is 55.8 Å². The van der Waals surface area contributed by atoms with Gasteiger partial charge in [0.25, 0.3) is 0 Å². The van der Waals surface area contributed by atoms with Gasteiger partial charge in [-0.1, -0.05) is 23.2 Å². The minimum atomic E-state index is -0.443. The van der Waals surface area contributed by atoms with Crippen molar-refractivity contribution in [2.45, 2.75) is 33.1 Å². The van der Waals surface area contributed by atoms with Crippen LogP contribution in [0.2, 0.25) is 5.02 Å². The molecule has 0 saturated heterocycles. The largest absolute Gasteiger partial charge is 0.358 e. The van der Waals surface area contributed by atoms with E-state index in [9.17, 15) is 14.4 Å². The van der Waals surface area contributed by atoms with Gasteiger partial charge in [-0.2, -0.15) is 0 Å². The van der Waals surface area contributed by atoms with E-state index in [4.69, 9.17) is 11.6 Å². The number of hydrogen-bond donors (Lipinski definition) is 4. The molecule has 0 atom stereocenters. The van der Waals surface area contributed by atoms with E-state index in [0.717, 1.165) is 27.7 Å². The Hall–Kier alpha value is -3.32. The summed E-state index contributed by atoms with van der Waals surface area (Å²) in [5.41, 5.74) is 9.24. The van der Waals surface area contributed by atoms with Crippen LogP contribution in [0.4, 0.5) is 5.69 Å². The molecule has 0 fully saturated rings. The Morgan fingerprint density at radius 1 is 0.900 bits per heavy atom. The predicted octanol–water partition coefficient (Wildman–Crippen LogP) is 3.55. The highest BCUT2D eigenvalue weighted by Crippen LogP contribution is 2.23. The summed E-state index contributed by atoms with van der Waals surface area (Å²) in [6.45, 7) is 3.91. The van der Waals surface area contributed by atoms with E-state index in [1.54, 1.807) is 24.3 Å². The summed E-state index contributed by atoms with van der Waals surface area (Å²) in [5.74, 6) is -1.08. The van der Waals surface area contributed by atoms with E-state index in [-0.39, 0.29) is 31.1 Å². The summed E-state index contributed by atoms with van der Waals surface area (Å²) in [4.78, 5) is 39.4. The van der Waals surface area contributed by atoms with E-state index in [2.05, 4.69) is 21.2 Å². The molecule has 4 N–H and O–H groups in total. The van der Waals surface area contributed by atoms with Crippen molar-refractivity contribution in [3.05, 3.63) is 64.3 Å². The third-order valence-electron chi connectivity index (χ3n) is 4.66. The molecule has 7 nitrogen and oxygen atoms in total. The number of H-pyrrole nitrogens is 1. The number of amides is 3. The first kappa shape index (κ1) is 21.4. The summed E-state index contributed by atoms with van der Waals surface area (Å²) < 4.78 is 0. The lowest BCUT2D eigenvalue weighted by atomic mass is 10.1. The molecule has 3 rings (SSSR count). The van der Waals surface area contributed by atoms with Crippen molar-refractivity contribution in [2.75, 3.05) is 5.32 Å². The van der Waals surface area contributed by atoms with Crippen molar-refractivity contribution in [2.24, 2.45) is 0 Å². The summed E-state index contributed by atoms with van der Waals surface area (Å²) in [6, 6.07) is 12.7. The number of carbonyl (C=O) groups is 3. The SMILES string of the molecule is Cc1ccc2[nH]c(C)c(CC(=O)NNC(=O)CCC(=O)Nc3ccc(Cl)cc3)c2c1. The second kappa shape index (κ2) is 9.45. The first-order valence-corrected chi connectivity index (χ1v) is 9.90. The van der Waals surface area contributed by atoms with Gasteiger partial charge in [0.05, 0.1) is 6.42 Å². The molecule has 3 amide bonds. The Balaban J connectivity index is 1.45. The lowest BCUT2D eigenvalue weighted by Gasteiger charge is -2.08. The predicted molar refractivity (Wildman–Crippen MR) is 117 cm³/mol. The summed E-state index contributed by atoms with van der Waals surface area (Å²) >= 11 is 5.80. The maximum absolute atomic E-state index is 12.3. The molecular weight excluding hydrogens is 404 g/mol. The van der Waals surface area contributed by atoms with Crippen molar-refractivity contribution >= 4 is 45.9 Å². The molecule has 3 aromatic rings. The van der Waals surface area contributed by atoms with Gasteiger partial charge in [-0.3, -0.25) is 25.2 Å². The molecule has 0 spiro atoms. The number of anilines is 1. The minimum absolute atomic E-state index is 0.00877. The van der Waals surface area contributed by atoms with Crippen LogP contribution >= 0.6 is 11.6 Å². The lowest BCUT2D eigenvalue weighted by molar-refractivity contribution is -0.129. The van der Waals surface area contributed by atoms with Crippen LogP contribution in [0.1, 0.15) is 29.7 Å². The van der Waals surface area contributed by atoms with Gasteiger partial charge in [0.2, 0.25) is 17.7 Å². The number of hydrogen-bond acceptors (Lipinski definition) is 3. The Kier molecular flexibility index (Phi) is 6.74. The van der Waals surface area contributed by atoms with Crippen LogP contribution in [0.25, 0.3) is 10.9 Å². The number of rotatable bonds is 6. The molecule has 156 valence electrons. The van der Waals surface area contributed by atoms with Crippen LogP contribution in [0.5, 0.6) is 0 Å². The number of aryl methyl sites for hydroxylation is 2. The zero-order valence-corrected chi connectivity index (χ0v) is 17.5. The van der Waals surface area contributed by atoms with Crippen LogP contribution in [-0.2, 0) is 20.8 Å². The average Bonchev–Trinajstić information content (AvgIpc) is 3.01. The summed E-state index contributed by atoms with van der Waals surface area (Å²) in [7, 11) is 0. The van der Waals surface area contributed by atoms with Crippen LogP contribution in [0.3, 0.4) is 0 Å². The summed E-state index contributed by atoms with van der Waals surface area (Å²) in [6.07, 6.45) is 0.0722. The van der Waals surface area contributed by atoms with E-state index in [1.165, 1.54) is 0 Å². The molecule has 30 heavy (non-hydrogen) atoms. The zero-order valence-electron chi connectivity index (χ0n) is 16.8. The van der Waals surface area contributed by atoms with E-state index in [1.807, 2.05) is 32.0 Å². The van der Waals surface area contributed by atoms with Crippen LogP contribution in [0, 0.1) is 13.8 Å². The number of benzene rings is 2. The molecule has 1 heterocycles. The number of aromatic amines is 1. The Labute approximate surface area is 179 Å². The standard InChI is InChI=1S/C22H23ClN4O3/c1-13-3-8-19-18(11-13)17(14(2)24-19)12-22(30)27-26-21(29)10-9-20(28)25-16-6-4-15(23)5-7-16/h3-8,11,24H,9-10,12H2,1-2H3,(H,25,28)(H,26,29)(H,27,30). The highest BCUT2D eigenvalue weighted by atomic mass is 35.5. The Bertz CT molecular complexity index is 1090. The van der Waals surface area contributed by atoms with Crippen molar-refractivity contribution in [3.8, 4) is 0 Å². The van der Waals surface area contributed by atoms with Crippen molar-refractivity contribution in [1.82, 2.24) is 15.8 Å². The minimum Gasteiger partial charge on any atom is -0.358 e. The Morgan fingerprint density at radius 3 is 2.30 bits per heavy atom. The quantitative estimate of drug-likeness (QED) is 0.453. The highest BCUT2D eigenvalue weighted by molar-refractivity contribution is 6.30. The molecule has 0 radical (unpaired) electrons. The van der Waals surface area contributed by atoms with Gasteiger partial charge >= 0.3 is 0 Å². The molecule has 2 aromatic carbocycles. The van der Waals surface area contributed by atoms with Crippen molar-refractivity contribution in [3.63, 3.8) is 0 Å². The number of hydrazine groups is 1. The van der Waals surface area contributed by atoms with Gasteiger partial charge < -0.3 is 10.3 Å². The van der Waals surface area contributed by atoms with E-state index in [0.29, 0.717) is 10.7 Å². The average molecular weight is 427 g/mol. The van der Waals surface area contributed by atoms with E-state index < -0.39 is 5.91 Å². The smallest absolute Gasteiger partial charge is 0.242 e. The van der Waals surface area contributed by atoms with Gasteiger partial charge in [-0.15, -0.1) is 0 Å². The first-order valence-electron chi connectivity index (χ1n) is 9.52. The van der Waals surface area contributed by atoms with Crippen LogP contribution in [-0.4, -0.2) is 22.7 Å². The fourth-order valence-electron chi connectivity index (χ4n) is 3.11. The second-order valence-corrected chi connectivity index (χ2v) is 7.54. The number of carbonyl (C=O) groups excluding carboxylic acids is 3. The molecule has 0 aliphatic rings. The third-order valence-corrected chi connectivity index (χ3v) is 4.91. The van der Waals surface area contributed by atoms with Crippen LogP contribution < -0.4 is 16.2 Å². The number of aromatic nitrogens is 1. The third kappa shape index (κ3) is 5.61. The molecule has 0 saturated carbocycles. The molecule has 8 heteroatoms. The van der Waals surface area contributed by atoms with Crippen molar-refractivity contribution in [1.29, 1.82) is 0 Å². The zero-order chi connectivity index (χ0) is 21.7. The van der Waals surface area contributed by atoms with Gasteiger partial charge in [0, 0.05) is 40.1 Å². The fraction of sp³-hybridized carbons (Fsp3) is 0.227. The van der Waals surface area contributed by atoms with E-state index >= 15 is 0 Å². The normalized spacial score (nSPS) is 10.6. The molecule has 1 aromatic heterocycles. The first-order chi connectivity index (χ1) is 14.3. The van der Waals surface area contributed by atoms with Crippen molar-refractivity contribution < 1.29 is 14.4 Å². The second-order valence-electron chi connectivity index (χ2n) is 7.11. The van der Waals surface area contributed by atoms with Crippen LogP contribution in [0.15, 0.2) is 42.5 Å². The Morgan fingerprint density at radius 2 is 1.57 bits per heavy atom. The molecule has 0 bridgehead atoms. The molecule has 0 aliphatic carbocycles. The lowest BCUT2D eigenvalue weighted by Crippen LogP contribution is -2.42.